The van der Waals surface area contributed by atoms with Crippen LogP contribution in [0.2, 0.25) is 0 Å². The monoisotopic (exact) mass is 462 g/mol. The van der Waals surface area contributed by atoms with Crippen LogP contribution < -0.4 is 0 Å². The second-order valence-electron chi connectivity index (χ2n) is 11.3. The number of fused-ring (bicyclic) bond motifs is 1. The van der Waals surface area contributed by atoms with Gasteiger partial charge in [0.25, 0.3) is 0 Å². The minimum Gasteiger partial charge on any atom is -0.462 e. The Labute approximate surface area is 193 Å². The summed E-state index contributed by atoms with van der Waals surface area (Å²) in [5.74, 6) is -1.50. The lowest BCUT2D eigenvalue weighted by Crippen LogP contribution is -2.67. The fourth-order valence-corrected chi connectivity index (χ4v) is 8.88. The van der Waals surface area contributed by atoms with Crippen LogP contribution in [0.4, 0.5) is 0 Å². The van der Waals surface area contributed by atoms with Gasteiger partial charge in [0, 0.05) is 38.0 Å². The van der Waals surface area contributed by atoms with Crippen LogP contribution in [-0.4, -0.2) is 52.7 Å². The van der Waals surface area contributed by atoms with Gasteiger partial charge in [0.1, 0.15) is 23.7 Å². The molecule has 0 radical (unpaired) electrons. The maximum absolute atomic E-state index is 13.6. The topological polar surface area (TPSA) is 116 Å². The van der Waals surface area contributed by atoms with Crippen molar-refractivity contribution in [3.05, 3.63) is 0 Å². The van der Waals surface area contributed by atoms with Crippen molar-refractivity contribution in [1.29, 1.82) is 0 Å². The number of carbonyl (C=O) groups excluding carboxylic acids is 4. The quantitative estimate of drug-likeness (QED) is 0.500. The number of aliphatic hydroxyl groups is 1. The average molecular weight is 463 g/mol. The van der Waals surface area contributed by atoms with Crippen LogP contribution in [0.1, 0.15) is 78.6 Å². The van der Waals surface area contributed by atoms with Crippen LogP contribution in [0, 0.1) is 28.6 Å². The third-order valence-corrected chi connectivity index (χ3v) is 10.1. The molecule has 4 aliphatic carbocycles. The Morgan fingerprint density at radius 3 is 2.45 bits per heavy atom. The highest BCUT2D eigenvalue weighted by Gasteiger charge is 2.80. The summed E-state index contributed by atoms with van der Waals surface area (Å²) in [7, 11) is 0. The lowest BCUT2D eigenvalue weighted by Gasteiger charge is -2.61. The van der Waals surface area contributed by atoms with Gasteiger partial charge in [0.2, 0.25) is 0 Å². The first-order valence-corrected chi connectivity index (χ1v) is 12.3. The van der Waals surface area contributed by atoms with Crippen LogP contribution in [0.5, 0.6) is 0 Å². The SMILES string of the molecule is CC(=O)OCC(=O)[C@@H]1CC[C@H]2[C@]1(C)CC[C@H]1[C@@]23CC[C@]2(O)C[C@H](OC(C)=O)CC[C@@]12C(=O)O3. The van der Waals surface area contributed by atoms with Gasteiger partial charge >= 0.3 is 17.9 Å². The van der Waals surface area contributed by atoms with E-state index in [4.69, 9.17) is 14.2 Å². The van der Waals surface area contributed by atoms with Crippen molar-refractivity contribution in [2.24, 2.45) is 28.6 Å². The third-order valence-electron chi connectivity index (χ3n) is 10.1. The number of ether oxygens (including phenoxy) is 3. The molecule has 0 unspecified atom stereocenters. The largest absolute Gasteiger partial charge is 0.462 e. The predicted molar refractivity (Wildman–Crippen MR) is 114 cm³/mol. The standard InChI is InChI=1S/C25H34O8/c1-14(26)31-13-18(28)17-4-5-19-22(17,3)8-7-20-24-9-6-16(32-15(2)27)12-23(24,30)10-11-25(19,20)33-21(24)29/h16-17,19-20,30H,4-13H2,1-3H3/t16-,17+,19+,20-,22-,23+,24+,25-/m1/s1. The van der Waals surface area contributed by atoms with E-state index in [1.807, 2.05) is 0 Å². The molecule has 1 saturated heterocycles. The summed E-state index contributed by atoms with van der Waals surface area (Å²) in [6.07, 6.45) is 4.78. The molecule has 8 nitrogen and oxygen atoms in total. The van der Waals surface area contributed by atoms with E-state index < -0.39 is 22.6 Å². The molecular formula is C25H34O8. The number of rotatable bonds is 4. The molecule has 0 aromatic rings. The summed E-state index contributed by atoms with van der Waals surface area (Å²) < 4.78 is 16.7. The molecule has 5 rings (SSSR count). The van der Waals surface area contributed by atoms with E-state index in [0.717, 1.165) is 12.8 Å². The number of hydrogen-bond donors (Lipinski definition) is 1. The summed E-state index contributed by atoms with van der Waals surface area (Å²) in [6, 6.07) is 0. The van der Waals surface area contributed by atoms with Crippen molar-refractivity contribution in [3.8, 4) is 0 Å². The average Bonchev–Trinajstić information content (AvgIpc) is 3.18. The highest BCUT2D eigenvalue weighted by molar-refractivity contribution is 5.86. The number of esters is 3. The molecule has 182 valence electrons. The van der Waals surface area contributed by atoms with Gasteiger partial charge in [-0.3, -0.25) is 19.2 Å². The second-order valence-corrected chi connectivity index (χ2v) is 11.3. The van der Waals surface area contributed by atoms with Gasteiger partial charge in [0.05, 0.1) is 5.60 Å². The van der Waals surface area contributed by atoms with Gasteiger partial charge in [-0.05, 0) is 56.8 Å². The van der Waals surface area contributed by atoms with E-state index in [9.17, 15) is 24.3 Å². The number of carbonyl (C=O) groups is 4. The van der Waals surface area contributed by atoms with Gasteiger partial charge in [-0.25, -0.2) is 0 Å². The van der Waals surface area contributed by atoms with Crippen molar-refractivity contribution >= 4 is 23.7 Å². The summed E-state index contributed by atoms with van der Waals surface area (Å²) >= 11 is 0. The molecule has 0 amide bonds. The molecule has 0 aromatic carbocycles. The zero-order valence-electron chi connectivity index (χ0n) is 19.7. The van der Waals surface area contributed by atoms with E-state index in [1.165, 1.54) is 13.8 Å². The predicted octanol–water partition coefficient (Wildman–Crippen LogP) is 2.48. The lowest BCUT2D eigenvalue weighted by molar-refractivity contribution is -0.218. The Morgan fingerprint density at radius 1 is 1.00 bits per heavy atom. The molecule has 8 heteroatoms. The van der Waals surface area contributed by atoms with Crippen molar-refractivity contribution in [1.82, 2.24) is 0 Å². The smallest absolute Gasteiger partial charge is 0.316 e. The van der Waals surface area contributed by atoms with Crippen LogP contribution in [0.25, 0.3) is 0 Å². The first kappa shape index (κ1) is 22.8. The van der Waals surface area contributed by atoms with E-state index >= 15 is 0 Å². The number of ketones is 1. The van der Waals surface area contributed by atoms with Crippen LogP contribution in [0.15, 0.2) is 0 Å². The zero-order chi connectivity index (χ0) is 23.8. The maximum Gasteiger partial charge on any atom is 0.316 e. The summed E-state index contributed by atoms with van der Waals surface area (Å²) in [5, 5.41) is 11.8. The van der Waals surface area contributed by atoms with Gasteiger partial charge < -0.3 is 19.3 Å². The summed E-state index contributed by atoms with van der Waals surface area (Å²) in [5.41, 5.74) is -3.21. The highest BCUT2D eigenvalue weighted by atomic mass is 16.6. The fraction of sp³-hybridized carbons (Fsp3) is 0.840. The first-order valence-electron chi connectivity index (χ1n) is 12.3. The minimum atomic E-state index is -1.25. The van der Waals surface area contributed by atoms with E-state index in [0.29, 0.717) is 38.5 Å². The summed E-state index contributed by atoms with van der Waals surface area (Å²) in [6.45, 7) is 4.59. The Hall–Kier alpha value is -1.96. The van der Waals surface area contributed by atoms with Gasteiger partial charge in [0.15, 0.2) is 5.78 Å². The summed E-state index contributed by atoms with van der Waals surface area (Å²) in [4.78, 5) is 49.3. The second kappa shape index (κ2) is 7.27. The minimum absolute atomic E-state index is 0.0362. The first-order chi connectivity index (χ1) is 15.5. The molecule has 33 heavy (non-hydrogen) atoms. The maximum atomic E-state index is 13.6. The van der Waals surface area contributed by atoms with Gasteiger partial charge in [-0.15, -0.1) is 0 Å². The molecule has 5 aliphatic rings. The van der Waals surface area contributed by atoms with E-state index in [1.54, 1.807) is 0 Å². The third kappa shape index (κ3) is 2.91. The van der Waals surface area contributed by atoms with Crippen LogP contribution >= 0.6 is 0 Å². The Balaban J connectivity index is 1.45. The molecule has 4 saturated carbocycles. The molecular weight excluding hydrogens is 428 g/mol. The highest BCUT2D eigenvalue weighted by Crippen LogP contribution is 2.74. The van der Waals surface area contributed by atoms with Crippen LogP contribution in [0.3, 0.4) is 0 Å². The molecule has 1 aliphatic heterocycles. The number of Topliss-reactive ketones (excluding diaryl/α,β-unsaturated/α-hetero) is 1. The van der Waals surface area contributed by atoms with Gasteiger partial charge in [-0.1, -0.05) is 6.92 Å². The fourth-order valence-electron chi connectivity index (χ4n) is 8.88. The molecule has 1 N–H and O–H groups in total. The molecule has 1 heterocycles. The van der Waals surface area contributed by atoms with Crippen molar-refractivity contribution in [2.45, 2.75) is 95.9 Å². The van der Waals surface area contributed by atoms with Crippen molar-refractivity contribution in [2.75, 3.05) is 6.61 Å². The zero-order valence-corrected chi connectivity index (χ0v) is 19.7. The van der Waals surface area contributed by atoms with Crippen molar-refractivity contribution in [3.63, 3.8) is 0 Å². The molecule has 0 aromatic heterocycles. The molecule has 2 bridgehead atoms. The van der Waals surface area contributed by atoms with E-state index in [2.05, 4.69) is 6.92 Å². The van der Waals surface area contributed by atoms with Crippen LogP contribution in [-0.2, 0) is 33.4 Å². The Morgan fingerprint density at radius 2 is 1.76 bits per heavy atom. The van der Waals surface area contributed by atoms with Crippen molar-refractivity contribution < 1.29 is 38.5 Å². The molecule has 5 fully saturated rings. The molecule has 1 spiro atoms. The number of hydrogen-bond acceptors (Lipinski definition) is 8. The Kier molecular flexibility index (Phi) is 5.02. The Bertz CT molecular complexity index is 914. The normalized spacial score (nSPS) is 47.6. The van der Waals surface area contributed by atoms with E-state index in [-0.39, 0.29) is 60.0 Å². The van der Waals surface area contributed by atoms with Gasteiger partial charge in [-0.2, -0.15) is 0 Å². The molecule has 8 atom stereocenters. The lowest BCUT2D eigenvalue weighted by atomic mass is 9.42.